The summed E-state index contributed by atoms with van der Waals surface area (Å²) < 4.78 is 25.9. The Morgan fingerprint density at radius 3 is 2.31 bits per heavy atom. The molecule has 8 heteroatoms. The summed E-state index contributed by atoms with van der Waals surface area (Å²) in [5.41, 5.74) is 13.0. The molecule has 0 rings (SSSR count). The second kappa shape index (κ2) is 9.27. The largest absolute Gasteiger partial charge is 0.330 e. The molecule has 0 aromatic carbocycles. The fourth-order valence-electron chi connectivity index (χ4n) is 0.372. The van der Waals surface area contributed by atoms with Gasteiger partial charge >= 0.3 is 0 Å². The van der Waals surface area contributed by atoms with Crippen LogP contribution in [-0.4, -0.2) is 32.3 Å². The average molecular weight is 210 g/mol. The monoisotopic (exact) mass is 210 g/mol. The van der Waals surface area contributed by atoms with Crippen LogP contribution in [0.5, 0.6) is 0 Å². The summed E-state index contributed by atoms with van der Waals surface area (Å²) in [5.74, 6) is 0. The van der Waals surface area contributed by atoms with Crippen LogP contribution in [0.2, 0.25) is 0 Å². The van der Waals surface area contributed by atoms with Gasteiger partial charge in [-0.25, -0.2) is 0 Å². The van der Waals surface area contributed by atoms with Gasteiger partial charge in [-0.3, -0.25) is 4.55 Å². The van der Waals surface area contributed by atoms with Crippen molar-refractivity contribution in [2.75, 3.05) is 19.3 Å². The quantitative estimate of drug-likeness (QED) is 0.230. The third kappa shape index (κ3) is 53.9. The molecule has 0 aliphatic rings. The van der Waals surface area contributed by atoms with Crippen molar-refractivity contribution in [1.82, 2.24) is 0 Å². The lowest BCUT2D eigenvalue weighted by atomic mass is 10.3. The van der Waals surface area contributed by atoms with Crippen molar-refractivity contribution < 1.29 is 13.0 Å². The third-order valence-corrected chi connectivity index (χ3v) is 0.775. The summed E-state index contributed by atoms with van der Waals surface area (Å²) in [6.45, 7) is 1.26. The SMILES string of the molecule is CS(=O)(=O)O.[N-]=[N+]=NCCCCN. The summed E-state index contributed by atoms with van der Waals surface area (Å²) in [7, 11) is -3.67. The zero-order chi connectivity index (χ0) is 10.7. The highest BCUT2D eigenvalue weighted by Gasteiger charge is 1.81. The van der Waals surface area contributed by atoms with E-state index in [0.717, 1.165) is 12.8 Å². The van der Waals surface area contributed by atoms with Crippen LogP contribution in [0.1, 0.15) is 12.8 Å². The van der Waals surface area contributed by atoms with Gasteiger partial charge in [-0.15, -0.1) is 0 Å². The molecule has 0 saturated carbocycles. The minimum Gasteiger partial charge on any atom is -0.330 e. The van der Waals surface area contributed by atoms with Crippen LogP contribution in [0, 0.1) is 0 Å². The van der Waals surface area contributed by atoms with Gasteiger partial charge in [-0.1, -0.05) is 5.11 Å². The molecular weight excluding hydrogens is 196 g/mol. The first-order chi connectivity index (χ1) is 5.91. The van der Waals surface area contributed by atoms with E-state index in [-0.39, 0.29) is 0 Å². The minimum atomic E-state index is -3.67. The van der Waals surface area contributed by atoms with Crippen LogP contribution in [0.25, 0.3) is 10.4 Å². The molecule has 0 aliphatic heterocycles. The predicted molar refractivity (Wildman–Crippen MR) is 49.8 cm³/mol. The summed E-state index contributed by atoms with van der Waals surface area (Å²) in [5, 5.41) is 3.33. The molecule has 0 saturated heterocycles. The summed E-state index contributed by atoms with van der Waals surface area (Å²) in [4.78, 5) is 2.59. The second-order valence-corrected chi connectivity index (χ2v) is 3.65. The van der Waals surface area contributed by atoms with Gasteiger partial charge in [0.1, 0.15) is 0 Å². The predicted octanol–water partition coefficient (Wildman–Crippen LogP) is 0.540. The van der Waals surface area contributed by atoms with Crippen LogP contribution < -0.4 is 5.73 Å². The van der Waals surface area contributed by atoms with Crippen molar-refractivity contribution in [3.63, 3.8) is 0 Å². The van der Waals surface area contributed by atoms with E-state index < -0.39 is 10.1 Å². The number of nitrogens with zero attached hydrogens (tertiary/aromatic N) is 3. The van der Waals surface area contributed by atoms with Crippen LogP contribution in [0.3, 0.4) is 0 Å². The van der Waals surface area contributed by atoms with E-state index in [1.54, 1.807) is 0 Å². The standard InChI is InChI=1S/C4H10N4.CH4O3S/c5-3-1-2-4-7-8-6;1-5(2,3)4/h1-5H2;1H3,(H,2,3,4). The highest BCUT2D eigenvalue weighted by Crippen LogP contribution is 1.85. The van der Waals surface area contributed by atoms with E-state index in [0.29, 0.717) is 19.3 Å². The van der Waals surface area contributed by atoms with E-state index in [1.807, 2.05) is 0 Å². The summed E-state index contributed by atoms with van der Waals surface area (Å²) in [6.07, 6.45) is 2.56. The van der Waals surface area contributed by atoms with Crippen LogP contribution in [-0.2, 0) is 10.1 Å². The van der Waals surface area contributed by atoms with E-state index in [1.165, 1.54) is 0 Å². The molecule has 0 aliphatic carbocycles. The Kier molecular flexibility index (Phi) is 10.5. The number of azide groups is 1. The molecule has 0 aromatic rings. The number of rotatable bonds is 4. The number of nitrogens with two attached hydrogens (primary N) is 1. The lowest BCUT2D eigenvalue weighted by Gasteiger charge is -1.87. The topological polar surface area (TPSA) is 129 Å². The lowest BCUT2D eigenvalue weighted by Crippen LogP contribution is -1.98. The Bertz CT molecular complexity index is 237. The Balaban J connectivity index is 0. The molecule has 0 unspecified atom stereocenters. The van der Waals surface area contributed by atoms with Gasteiger partial charge in [0.15, 0.2) is 0 Å². The van der Waals surface area contributed by atoms with Crippen molar-refractivity contribution in [3.8, 4) is 0 Å². The van der Waals surface area contributed by atoms with Crippen LogP contribution >= 0.6 is 0 Å². The van der Waals surface area contributed by atoms with E-state index in [4.69, 9.17) is 15.8 Å². The zero-order valence-electron chi connectivity index (χ0n) is 7.42. The fraction of sp³-hybridized carbons (Fsp3) is 1.00. The van der Waals surface area contributed by atoms with Crippen molar-refractivity contribution in [3.05, 3.63) is 10.4 Å². The van der Waals surface area contributed by atoms with Gasteiger partial charge < -0.3 is 5.73 Å². The van der Waals surface area contributed by atoms with Gasteiger partial charge in [0.2, 0.25) is 0 Å². The Morgan fingerprint density at radius 1 is 1.54 bits per heavy atom. The Labute approximate surface area is 77.3 Å². The maximum atomic E-state index is 9.19. The molecule has 0 amide bonds. The van der Waals surface area contributed by atoms with Gasteiger partial charge in [0.25, 0.3) is 10.1 Å². The smallest absolute Gasteiger partial charge is 0.261 e. The van der Waals surface area contributed by atoms with Gasteiger partial charge in [-0.05, 0) is 24.9 Å². The molecule has 7 nitrogen and oxygen atoms in total. The lowest BCUT2D eigenvalue weighted by molar-refractivity contribution is 0.490. The van der Waals surface area contributed by atoms with Crippen molar-refractivity contribution in [1.29, 1.82) is 0 Å². The van der Waals surface area contributed by atoms with E-state index in [2.05, 4.69) is 10.0 Å². The van der Waals surface area contributed by atoms with Gasteiger partial charge in [-0.2, -0.15) is 8.42 Å². The average Bonchev–Trinajstić information content (AvgIpc) is 1.95. The Morgan fingerprint density at radius 2 is 2.00 bits per heavy atom. The molecule has 3 N–H and O–H groups in total. The van der Waals surface area contributed by atoms with E-state index >= 15 is 0 Å². The van der Waals surface area contributed by atoms with Gasteiger partial charge in [0, 0.05) is 11.5 Å². The first-order valence-corrected chi connectivity index (χ1v) is 5.40. The zero-order valence-corrected chi connectivity index (χ0v) is 8.24. The highest BCUT2D eigenvalue weighted by molar-refractivity contribution is 7.85. The molecule has 0 bridgehead atoms. The second-order valence-electron chi connectivity index (χ2n) is 2.18. The fourth-order valence-corrected chi connectivity index (χ4v) is 0.372. The number of hydrogen-bond donors (Lipinski definition) is 2. The number of unbranched alkanes of at least 4 members (excludes halogenated alkanes) is 1. The molecule has 0 fully saturated rings. The maximum absolute atomic E-state index is 9.19. The van der Waals surface area contributed by atoms with Gasteiger partial charge in [0.05, 0.1) is 6.26 Å². The summed E-state index contributed by atoms with van der Waals surface area (Å²) in [6, 6.07) is 0. The van der Waals surface area contributed by atoms with Crippen molar-refractivity contribution in [2.45, 2.75) is 12.8 Å². The van der Waals surface area contributed by atoms with Crippen LogP contribution in [0.15, 0.2) is 5.11 Å². The molecule has 0 heterocycles. The normalized spacial score (nSPS) is 9.46. The Hall–Kier alpha value is -0.820. The molecule has 13 heavy (non-hydrogen) atoms. The third-order valence-electron chi connectivity index (χ3n) is 0.775. The van der Waals surface area contributed by atoms with E-state index in [9.17, 15) is 8.42 Å². The molecule has 78 valence electrons. The maximum Gasteiger partial charge on any atom is 0.261 e. The highest BCUT2D eigenvalue weighted by atomic mass is 32.2. The van der Waals surface area contributed by atoms with Crippen molar-refractivity contribution >= 4 is 10.1 Å². The molecule has 0 aromatic heterocycles. The number of hydrogen-bond acceptors (Lipinski definition) is 4. The molecular formula is C5H14N4O3S. The first kappa shape index (κ1) is 14.7. The minimum absolute atomic E-state index is 0.577. The van der Waals surface area contributed by atoms with Crippen molar-refractivity contribution in [2.24, 2.45) is 10.8 Å². The molecule has 0 radical (unpaired) electrons. The van der Waals surface area contributed by atoms with Crippen LogP contribution in [0.4, 0.5) is 0 Å². The molecule has 0 atom stereocenters. The molecule has 0 spiro atoms. The first-order valence-electron chi connectivity index (χ1n) is 3.55. The summed E-state index contributed by atoms with van der Waals surface area (Å²) >= 11 is 0.